The lowest BCUT2D eigenvalue weighted by Gasteiger charge is -2.09. The number of ether oxygens (including phenoxy) is 1. The first-order valence-corrected chi connectivity index (χ1v) is 7.03. The van der Waals surface area contributed by atoms with Crippen LogP contribution in [0, 0.1) is 0 Å². The van der Waals surface area contributed by atoms with Crippen LogP contribution in [0.4, 0.5) is 11.8 Å². The minimum Gasteiger partial charge on any atom is -0.385 e. The number of unbranched alkanes of at least 4 members (excludes halogenated alkanes) is 1. The third-order valence-electron chi connectivity index (χ3n) is 2.91. The van der Waals surface area contributed by atoms with E-state index in [0.717, 1.165) is 55.8 Å². The van der Waals surface area contributed by atoms with Crippen molar-refractivity contribution < 1.29 is 4.74 Å². The van der Waals surface area contributed by atoms with E-state index in [1.165, 1.54) is 0 Å². The van der Waals surface area contributed by atoms with Crippen LogP contribution in [-0.2, 0) is 4.74 Å². The standard InChI is InChI=1S/C13H22N6O/c1-3-6-15-13-17-11(14-7-4-5-8-20-2)10-9-16-19-12(10)18-13/h9H,3-8H2,1-2H3,(H3,14,15,16,17,18,19). The van der Waals surface area contributed by atoms with Gasteiger partial charge in [0.25, 0.3) is 0 Å². The summed E-state index contributed by atoms with van der Waals surface area (Å²) in [5.41, 5.74) is 0.748. The van der Waals surface area contributed by atoms with Gasteiger partial charge in [0, 0.05) is 26.8 Å². The molecule has 0 aliphatic heterocycles. The van der Waals surface area contributed by atoms with Gasteiger partial charge in [-0.15, -0.1) is 0 Å². The Morgan fingerprint density at radius 2 is 2.10 bits per heavy atom. The second-order valence-corrected chi connectivity index (χ2v) is 4.58. The highest BCUT2D eigenvalue weighted by molar-refractivity contribution is 5.86. The molecule has 0 aliphatic rings. The molecule has 7 nitrogen and oxygen atoms in total. The van der Waals surface area contributed by atoms with Gasteiger partial charge in [-0.3, -0.25) is 5.10 Å². The fraction of sp³-hybridized carbons (Fsp3) is 0.615. The average molecular weight is 278 g/mol. The van der Waals surface area contributed by atoms with Gasteiger partial charge in [0.1, 0.15) is 5.82 Å². The molecule has 0 unspecified atom stereocenters. The van der Waals surface area contributed by atoms with Gasteiger partial charge in [0.15, 0.2) is 5.65 Å². The van der Waals surface area contributed by atoms with Crippen molar-refractivity contribution in [2.45, 2.75) is 26.2 Å². The second-order valence-electron chi connectivity index (χ2n) is 4.58. The minimum atomic E-state index is 0.628. The van der Waals surface area contributed by atoms with E-state index >= 15 is 0 Å². The van der Waals surface area contributed by atoms with Crippen LogP contribution in [0.15, 0.2) is 6.20 Å². The van der Waals surface area contributed by atoms with E-state index in [1.54, 1.807) is 13.3 Å². The number of H-pyrrole nitrogens is 1. The van der Waals surface area contributed by atoms with Gasteiger partial charge in [-0.25, -0.2) is 0 Å². The van der Waals surface area contributed by atoms with Gasteiger partial charge in [0.05, 0.1) is 11.6 Å². The summed E-state index contributed by atoms with van der Waals surface area (Å²) in [5, 5.41) is 14.4. The highest BCUT2D eigenvalue weighted by Crippen LogP contribution is 2.19. The van der Waals surface area contributed by atoms with Crippen LogP contribution in [0.25, 0.3) is 11.0 Å². The third kappa shape index (κ3) is 3.80. The molecule has 20 heavy (non-hydrogen) atoms. The van der Waals surface area contributed by atoms with Crippen LogP contribution >= 0.6 is 0 Å². The number of aromatic amines is 1. The summed E-state index contributed by atoms with van der Waals surface area (Å²) < 4.78 is 5.04. The summed E-state index contributed by atoms with van der Waals surface area (Å²) in [5.74, 6) is 1.45. The maximum atomic E-state index is 5.04. The molecule has 0 saturated carbocycles. The maximum absolute atomic E-state index is 5.04. The van der Waals surface area contributed by atoms with E-state index in [2.05, 4.69) is 37.7 Å². The van der Waals surface area contributed by atoms with Crippen LogP contribution in [0.3, 0.4) is 0 Å². The average Bonchev–Trinajstić information content (AvgIpc) is 2.93. The lowest BCUT2D eigenvalue weighted by atomic mass is 10.3. The molecule has 0 bridgehead atoms. The van der Waals surface area contributed by atoms with E-state index in [1.807, 2.05) is 0 Å². The predicted octanol–water partition coefficient (Wildman–Crippen LogP) is 2.01. The van der Waals surface area contributed by atoms with Gasteiger partial charge < -0.3 is 15.4 Å². The number of aromatic nitrogens is 4. The Kier molecular flexibility index (Phi) is 5.55. The molecular weight excluding hydrogens is 256 g/mol. The van der Waals surface area contributed by atoms with E-state index in [9.17, 15) is 0 Å². The topological polar surface area (TPSA) is 87.8 Å². The summed E-state index contributed by atoms with van der Waals surface area (Å²) in [6.07, 6.45) is 4.85. The molecule has 2 aromatic heterocycles. The van der Waals surface area contributed by atoms with E-state index in [-0.39, 0.29) is 0 Å². The van der Waals surface area contributed by atoms with Crippen molar-refractivity contribution in [2.24, 2.45) is 0 Å². The molecule has 0 aromatic carbocycles. The summed E-state index contributed by atoms with van der Waals surface area (Å²) in [6, 6.07) is 0. The van der Waals surface area contributed by atoms with Crippen molar-refractivity contribution in [3.05, 3.63) is 6.20 Å². The molecule has 0 atom stereocenters. The molecule has 110 valence electrons. The normalized spacial score (nSPS) is 10.9. The summed E-state index contributed by atoms with van der Waals surface area (Å²) in [6.45, 7) is 4.60. The molecule has 2 rings (SSSR count). The molecule has 0 spiro atoms. The highest BCUT2D eigenvalue weighted by atomic mass is 16.5. The van der Waals surface area contributed by atoms with Gasteiger partial charge >= 0.3 is 0 Å². The largest absolute Gasteiger partial charge is 0.385 e. The van der Waals surface area contributed by atoms with Gasteiger partial charge in [-0.1, -0.05) is 6.92 Å². The fourth-order valence-corrected chi connectivity index (χ4v) is 1.86. The second kappa shape index (κ2) is 7.64. The Bertz CT molecular complexity index is 527. The van der Waals surface area contributed by atoms with Crippen molar-refractivity contribution >= 4 is 22.8 Å². The lowest BCUT2D eigenvalue weighted by molar-refractivity contribution is 0.194. The molecular formula is C13H22N6O. The van der Waals surface area contributed by atoms with Crippen LogP contribution in [0.5, 0.6) is 0 Å². The van der Waals surface area contributed by atoms with Crippen molar-refractivity contribution in [1.82, 2.24) is 20.2 Å². The highest BCUT2D eigenvalue weighted by Gasteiger charge is 2.08. The van der Waals surface area contributed by atoms with Crippen molar-refractivity contribution in [2.75, 3.05) is 37.4 Å². The summed E-state index contributed by atoms with van der Waals surface area (Å²) in [4.78, 5) is 8.89. The number of nitrogens with zero attached hydrogens (tertiary/aromatic N) is 3. The van der Waals surface area contributed by atoms with Crippen LogP contribution in [0.1, 0.15) is 26.2 Å². The molecule has 0 radical (unpaired) electrons. The predicted molar refractivity (Wildman–Crippen MR) is 80.1 cm³/mol. The number of hydrogen-bond donors (Lipinski definition) is 3. The molecule has 0 aliphatic carbocycles. The van der Waals surface area contributed by atoms with Crippen LogP contribution < -0.4 is 10.6 Å². The fourth-order valence-electron chi connectivity index (χ4n) is 1.86. The van der Waals surface area contributed by atoms with Gasteiger partial charge in [0.2, 0.25) is 5.95 Å². The van der Waals surface area contributed by atoms with Gasteiger partial charge in [-0.05, 0) is 19.3 Å². The van der Waals surface area contributed by atoms with Gasteiger partial charge in [-0.2, -0.15) is 15.1 Å². The first-order chi connectivity index (χ1) is 9.85. The zero-order valence-corrected chi connectivity index (χ0v) is 12.1. The Hall–Kier alpha value is -1.89. The molecule has 0 fully saturated rings. The first kappa shape index (κ1) is 14.5. The molecule has 3 N–H and O–H groups in total. The number of anilines is 2. The third-order valence-corrected chi connectivity index (χ3v) is 2.91. The van der Waals surface area contributed by atoms with Crippen molar-refractivity contribution in [3.63, 3.8) is 0 Å². The van der Waals surface area contributed by atoms with E-state index in [4.69, 9.17) is 4.74 Å². The Morgan fingerprint density at radius 1 is 1.20 bits per heavy atom. The molecule has 0 amide bonds. The Labute approximate surface area is 118 Å². The minimum absolute atomic E-state index is 0.628. The zero-order valence-electron chi connectivity index (χ0n) is 12.1. The number of fused-ring (bicyclic) bond motifs is 1. The van der Waals surface area contributed by atoms with Crippen LogP contribution in [-0.4, -0.2) is 47.0 Å². The number of rotatable bonds is 9. The number of hydrogen-bond acceptors (Lipinski definition) is 6. The van der Waals surface area contributed by atoms with E-state index < -0.39 is 0 Å². The molecule has 7 heteroatoms. The number of nitrogens with one attached hydrogen (secondary N) is 3. The summed E-state index contributed by atoms with van der Waals surface area (Å²) >= 11 is 0. The monoisotopic (exact) mass is 278 g/mol. The van der Waals surface area contributed by atoms with Crippen LogP contribution in [0.2, 0.25) is 0 Å². The van der Waals surface area contributed by atoms with Crippen molar-refractivity contribution in [3.8, 4) is 0 Å². The smallest absolute Gasteiger partial charge is 0.226 e. The Morgan fingerprint density at radius 3 is 2.90 bits per heavy atom. The van der Waals surface area contributed by atoms with Crippen molar-refractivity contribution in [1.29, 1.82) is 0 Å². The lowest BCUT2D eigenvalue weighted by Crippen LogP contribution is -2.09. The maximum Gasteiger partial charge on any atom is 0.226 e. The SMILES string of the molecule is CCCNc1nc(NCCCCOC)c2cn[nH]c2n1. The molecule has 0 saturated heterocycles. The van der Waals surface area contributed by atoms with E-state index in [0.29, 0.717) is 5.95 Å². The molecule has 2 heterocycles. The molecule has 2 aromatic rings. The first-order valence-electron chi connectivity index (χ1n) is 7.03. The Balaban J connectivity index is 2.03. The quantitative estimate of drug-likeness (QED) is 0.608. The number of methoxy groups -OCH3 is 1. The summed E-state index contributed by atoms with van der Waals surface area (Å²) in [7, 11) is 1.72. The zero-order chi connectivity index (χ0) is 14.2.